The molecule has 0 aliphatic carbocycles. The Balaban J connectivity index is 2.45. The molecule has 0 saturated carbocycles. The number of anilines is 1. The van der Waals surface area contributed by atoms with Crippen LogP contribution in [0.25, 0.3) is 0 Å². The smallest absolute Gasteiger partial charge is 0.265 e. The standard InChI is InChI=1S/C13H10Br2FNO3S/c1-20-12-5-2-8(14)6-13(12)21(18,19)17-11-4-3-9(16)7-10(11)15/h2-7,17H,1H3. The van der Waals surface area contributed by atoms with Gasteiger partial charge in [-0.15, -0.1) is 0 Å². The van der Waals surface area contributed by atoms with E-state index in [4.69, 9.17) is 4.74 Å². The third-order valence-electron chi connectivity index (χ3n) is 2.59. The molecule has 4 nitrogen and oxygen atoms in total. The van der Waals surface area contributed by atoms with Gasteiger partial charge in [0.25, 0.3) is 10.0 Å². The van der Waals surface area contributed by atoms with Crippen molar-refractivity contribution in [3.05, 3.63) is 51.2 Å². The number of hydrogen-bond acceptors (Lipinski definition) is 3. The predicted molar refractivity (Wildman–Crippen MR) is 85.6 cm³/mol. The summed E-state index contributed by atoms with van der Waals surface area (Å²) in [4.78, 5) is -0.0180. The van der Waals surface area contributed by atoms with Crippen molar-refractivity contribution in [1.82, 2.24) is 0 Å². The predicted octanol–water partition coefficient (Wildman–Crippen LogP) is 4.16. The molecule has 0 heterocycles. The van der Waals surface area contributed by atoms with Crippen LogP contribution in [0.5, 0.6) is 5.75 Å². The van der Waals surface area contributed by atoms with Crippen LogP contribution in [-0.2, 0) is 10.0 Å². The van der Waals surface area contributed by atoms with E-state index in [-0.39, 0.29) is 16.3 Å². The minimum absolute atomic E-state index is 0.0180. The Labute approximate surface area is 138 Å². The highest BCUT2D eigenvalue weighted by molar-refractivity contribution is 9.10. The van der Waals surface area contributed by atoms with Gasteiger partial charge in [-0.3, -0.25) is 4.72 Å². The Morgan fingerprint density at radius 3 is 2.48 bits per heavy atom. The van der Waals surface area contributed by atoms with E-state index in [0.29, 0.717) is 8.95 Å². The molecule has 8 heteroatoms. The zero-order valence-corrected chi connectivity index (χ0v) is 14.7. The first-order valence-electron chi connectivity index (χ1n) is 5.65. The summed E-state index contributed by atoms with van der Waals surface area (Å²) in [6.45, 7) is 0. The van der Waals surface area contributed by atoms with E-state index in [9.17, 15) is 12.8 Å². The number of methoxy groups -OCH3 is 1. The Morgan fingerprint density at radius 2 is 1.86 bits per heavy atom. The van der Waals surface area contributed by atoms with Crippen LogP contribution in [0.2, 0.25) is 0 Å². The van der Waals surface area contributed by atoms with Crippen LogP contribution in [0.3, 0.4) is 0 Å². The van der Waals surface area contributed by atoms with Crippen molar-refractivity contribution in [2.45, 2.75) is 4.90 Å². The van der Waals surface area contributed by atoms with Gasteiger partial charge >= 0.3 is 0 Å². The fraction of sp³-hybridized carbons (Fsp3) is 0.0769. The first-order chi connectivity index (χ1) is 9.83. The molecule has 0 bridgehead atoms. The lowest BCUT2D eigenvalue weighted by atomic mass is 10.3. The summed E-state index contributed by atoms with van der Waals surface area (Å²) in [5, 5.41) is 0. The lowest BCUT2D eigenvalue weighted by molar-refractivity contribution is 0.403. The quantitative estimate of drug-likeness (QED) is 0.779. The number of ether oxygens (including phenoxy) is 1. The van der Waals surface area contributed by atoms with Gasteiger partial charge in [0.1, 0.15) is 16.5 Å². The first kappa shape index (κ1) is 16.3. The van der Waals surface area contributed by atoms with E-state index in [1.165, 1.54) is 31.4 Å². The monoisotopic (exact) mass is 437 g/mol. The largest absolute Gasteiger partial charge is 0.495 e. The second kappa shape index (κ2) is 6.33. The minimum atomic E-state index is -3.87. The molecule has 0 fully saturated rings. The number of benzene rings is 2. The summed E-state index contributed by atoms with van der Waals surface area (Å²) in [6.07, 6.45) is 0. The molecule has 0 aliphatic rings. The second-order valence-electron chi connectivity index (χ2n) is 4.02. The highest BCUT2D eigenvalue weighted by Gasteiger charge is 2.21. The van der Waals surface area contributed by atoms with Crippen LogP contribution in [0.4, 0.5) is 10.1 Å². The Bertz CT molecular complexity index is 781. The van der Waals surface area contributed by atoms with Gasteiger partial charge in [-0.25, -0.2) is 12.8 Å². The van der Waals surface area contributed by atoms with E-state index in [1.807, 2.05) is 0 Å². The summed E-state index contributed by atoms with van der Waals surface area (Å²) >= 11 is 6.34. The van der Waals surface area contributed by atoms with Crippen LogP contribution < -0.4 is 9.46 Å². The topological polar surface area (TPSA) is 55.4 Å². The molecule has 0 amide bonds. The Morgan fingerprint density at radius 1 is 1.14 bits per heavy atom. The van der Waals surface area contributed by atoms with E-state index >= 15 is 0 Å². The summed E-state index contributed by atoms with van der Waals surface area (Å²) in [6, 6.07) is 8.32. The van der Waals surface area contributed by atoms with Gasteiger partial charge in [0.2, 0.25) is 0 Å². The molecule has 0 aromatic heterocycles. The number of hydrogen-bond donors (Lipinski definition) is 1. The second-order valence-corrected chi connectivity index (χ2v) is 7.45. The van der Waals surface area contributed by atoms with Crippen LogP contribution in [-0.4, -0.2) is 15.5 Å². The van der Waals surface area contributed by atoms with Gasteiger partial charge in [0, 0.05) is 8.95 Å². The maximum absolute atomic E-state index is 13.0. The van der Waals surface area contributed by atoms with E-state index in [1.54, 1.807) is 12.1 Å². The van der Waals surface area contributed by atoms with Crippen molar-refractivity contribution in [3.63, 3.8) is 0 Å². The maximum Gasteiger partial charge on any atom is 0.265 e. The molecule has 0 saturated heterocycles. The van der Waals surface area contributed by atoms with Crippen molar-refractivity contribution in [1.29, 1.82) is 0 Å². The molecule has 0 atom stereocenters. The first-order valence-corrected chi connectivity index (χ1v) is 8.72. The Kier molecular flexibility index (Phi) is 4.90. The molecule has 0 unspecified atom stereocenters. The van der Waals surface area contributed by atoms with Crippen molar-refractivity contribution in [2.75, 3.05) is 11.8 Å². The van der Waals surface area contributed by atoms with Crippen molar-refractivity contribution >= 4 is 47.6 Å². The van der Waals surface area contributed by atoms with E-state index in [2.05, 4.69) is 36.6 Å². The lowest BCUT2D eigenvalue weighted by Gasteiger charge is -2.13. The molecular formula is C13H10Br2FNO3S. The minimum Gasteiger partial charge on any atom is -0.495 e. The summed E-state index contributed by atoms with van der Waals surface area (Å²) in [7, 11) is -2.49. The van der Waals surface area contributed by atoms with Crippen molar-refractivity contribution in [2.24, 2.45) is 0 Å². The summed E-state index contributed by atoms with van der Waals surface area (Å²) in [5.41, 5.74) is 0.235. The fourth-order valence-electron chi connectivity index (χ4n) is 1.63. The highest BCUT2D eigenvalue weighted by Crippen LogP contribution is 2.31. The van der Waals surface area contributed by atoms with E-state index < -0.39 is 15.8 Å². The number of sulfonamides is 1. The van der Waals surface area contributed by atoms with Gasteiger partial charge in [-0.2, -0.15) is 0 Å². The molecule has 2 aromatic carbocycles. The highest BCUT2D eigenvalue weighted by atomic mass is 79.9. The molecule has 0 radical (unpaired) electrons. The van der Waals surface area contributed by atoms with Gasteiger partial charge in [0.05, 0.1) is 12.8 Å². The third kappa shape index (κ3) is 3.75. The Hall–Kier alpha value is -1.12. The molecule has 21 heavy (non-hydrogen) atoms. The molecule has 112 valence electrons. The number of nitrogens with one attached hydrogen (secondary N) is 1. The molecule has 2 aromatic rings. The number of halogens is 3. The number of rotatable bonds is 4. The van der Waals surface area contributed by atoms with Gasteiger partial charge in [-0.05, 0) is 52.3 Å². The molecular weight excluding hydrogens is 429 g/mol. The fourth-order valence-corrected chi connectivity index (χ4v) is 4.00. The van der Waals surface area contributed by atoms with Gasteiger partial charge in [0.15, 0.2) is 0 Å². The average Bonchev–Trinajstić information content (AvgIpc) is 2.42. The van der Waals surface area contributed by atoms with Crippen LogP contribution in [0, 0.1) is 5.82 Å². The summed E-state index contributed by atoms with van der Waals surface area (Å²) in [5.74, 6) is -0.256. The average molecular weight is 439 g/mol. The van der Waals surface area contributed by atoms with Crippen LogP contribution in [0.1, 0.15) is 0 Å². The van der Waals surface area contributed by atoms with Crippen LogP contribution >= 0.6 is 31.9 Å². The molecule has 0 aliphatic heterocycles. The van der Waals surface area contributed by atoms with Crippen molar-refractivity contribution in [3.8, 4) is 5.75 Å². The van der Waals surface area contributed by atoms with Crippen molar-refractivity contribution < 1.29 is 17.5 Å². The normalized spacial score (nSPS) is 11.2. The lowest BCUT2D eigenvalue weighted by Crippen LogP contribution is -2.14. The summed E-state index contributed by atoms with van der Waals surface area (Å²) < 4.78 is 46.3. The van der Waals surface area contributed by atoms with Gasteiger partial charge < -0.3 is 4.74 Å². The van der Waals surface area contributed by atoms with E-state index in [0.717, 1.165) is 0 Å². The zero-order valence-electron chi connectivity index (χ0n) is 10.7. The maximum atomic E-state index is 13.0. The SMILES string of the molecule is COc1ccc(Br)cc1S(=O)(=O)Nc1ccc(F)cc1Br. The molecule has 1 N–H and O–H groups in total. The van der Waals surface area contributed by atoms with Gasteiger partial charge in [-0.1, -0.05) is 15.9 Å². The zero-order chi connectivity index (χ0) is 15.6. The molecule has 2 rings (SSSR count). The van der Waals surface area contributed by atoms with Crippen LogP contribution in [0.15, 0.2) is 50.2 Å². The third-order valence-corrected chi connectivity index (χ3v) is 5.13. The molecule has 0 spiro atoms.